The molecular weight excluding hydrogens is 232 g/mol. The highest BCUT2D eigenvalue weighted by Gasteiger charge is 2.09. The molecule has 0 fully saturated rings. The molecule has 0 atom stereocenters. The van der Waals surface area contributed by atoms with Crippen molar-refractivity contribution in [3.05, 3.63) is 35.7 Å². The van der Waals surface area contributed by atoms with Crippen LogP contribution in [0.5, 0.6) is 0 Å². The highest BCUT2D eigenvalue weighted by Crippen LogP contribution is 2.11. The molecule has 0 saturated heterocycles. The van der Waals surface area contributed by atoms with Gasteiger partial charge in [-0.25, -0.2) is 0 Å². The van der Waals surface area contributed by atoms with Crippen molar-refractivity contribution in [1.82, 2.24) is 25.9 Å². The summed E-state index contributed by atoms with van der Waals surface area (Å²) in [5, 5.41) is 15.5. The Balaban J connectivity index is 1.92. The Morgan fingerprint density at radius 2 is 2.06 bits per heavy atom. The van der Waals surface area contributed by atoms with Crippen LogP contribution in [0.4, 0.5) is 5.69 Å². The molecule has 0 bridgehead atoms. The number of nitrogens with zero attached hydrogens (tertiary/aromatic N) is 4. The molecule has 0 aliphatic carbocycles. The Labute approximate surface area is 104 Å². The molecule has 0 unspecified atom stereocenters. The lowest BCUT2D eigenvalue weighted by molar-refractivity contribution is 0.0940. The fourth-order valence-electron chi connectivity index (χ4n) is 1.43. The molecule has 7 heteroatoms. The van der Waals surface area contributed by atoms with Crippen LogP contribution in [0.3, 0.4) is 0 Å². The Morgan fingerprint density at radius 1 is 1.33 bits per heavy atom. The molecule has 1 heterocycles. The van der Waals surface area contributed by atoms with Gasteiger partial charge >= 0.3 is 0 Å². The first-order valence-electron chi connectivity index (χ1n) is 5.45. The molecule has 7 nitrogen and oxygen atoms in total. The van der Waals surface area contributed by atoms with Crippen LogP contribution in [0.2, 0.25) is 0 Å². The summed E-state index contributed by atoms with van der Waals surface area (Å²) < 4.78 is 0. The maximum absolute atomic E-state index is 11.5. The van der Waals surface area contributed by atoms with Crippen molar-refractivity contribution >= 4 is 11.6 Å². The lowest BCUT2D eigenvalue weighted by Crippen LogP contribution is -2.24. The Hall–Kier alpha value is -2.44. The van der Waals surface area contributed by atoms with E-state index in [9.17, 15) is 4.79 Å². The number of aromatic nitrogens is 4. The number of anilines is 1. The molecule has 2 aromatic rings. The van der Waals surface area contributed by atoms with Gasteiger partial charge in [0, 0.05) is 26.3 Å². The summed E-state index contributed by atoms with van der Waals surface area (Å²) >= 11 is 0. The number of carbonyl (C=O) groups excluding carboxylic acids is 1. The zero-order chi connectivity index (χ0) is 13.0. The fraction of sp³-hybridized carbons (Fsp3) is 0.273. The first-order valence-corrected chi connectivity index (χ1v) is 5.45. The molecule has 2 N–H and O–H groups in total. The predicted molar refractivity (Wildman–Crippen MR) is 66.1 cm³/mol. The number of tetrazole rings is 1. The third kappa shape index (κ3) is 2.82. The Kier molecular flexibility index (Phi) is 3.52. The van der Waals surface area contributed by atoms with E-state index >= 15 is 0 Å². The van der Waals surface area contributed by atoms with Gasteiger partial charge in [-0.15, -0.1) is 10.2 Å². The van der Waals surface area contributed by atoms with Crippen LogP contribution >= 0.6 is 0 Å². The zero-order valence-electron chi connectivity index (χ0n) is 10.2. The standard InChI is InChI=1S/C11H14N6O/c1-17(2)9-5-3-8(4-6-9)7-12-11(18)10-13-15-16-14-10/h3-6H,7H2,1-2H3,(H,12,18)(H,13,14,15,16). The molecule has 0 aliphatic heterocycles. The van der Waals surface area contributed by atoms with Gasteiger partial charge in [0.1, 0.15) is 0 Å². The van der Waals surface area contributed by atoms with Gasteiger partial charge in [-0.05, 0) is 22.9 Å². The van der Waals surface area contributed by atoms with Crippen molar-refractivity contribution < 1.29 is 4.79 Å². The highest BCUT2D eigenvalue weighted by atomic mass is 16.2. The SMILES string of the molecule is CN(C)c1ccc(CNC(=O)c2nn[nH]n2)cc1. The van der Waals surface area contributed by atoms with Crippen molar-refractivity contribution in [3.63, 3.8) is 0 Å². The molecule has 94 valence electrons. The third-order valence-electron chi connectivity index (χ3n) is 2.45. The topological polar surface area (TPSA) is 86.8 Å². The average molecular weight is 246 g/mol. The molecule has 0 radical (unpaired) electrons. The number of hydrogen-bond donors (Lipinski definition) is 2. The summed E-state index contributed by atoms with van der Waals surface area (Å²) in [6, 6.07) is 7.92. The molecule has 18 heavy (non-hydrogen) atoms. The second-order valence-corrected chi connectivity index (χ2v) is 3.98. The van der Waals surface area contributed by atoms with Gasteiger partial charge in [0.15, 0.2) is 0 Å². The maximum Gasteiger partial charge on any atom is 0.293 e. The van der Waals surface area contributed by atoms with E-state index in [0.717, 1.165) is 11.3 Å². The van der Waals surface area contributed by atoms with E-state index in [1.54, 1.807) is 0 Å². The van der Waals surface area contributed by atoms with Crippen LogP contribution in [-0.4, -0.2) is 40.6 Å². The van der Waals surface area contributed by atoms with Gasteiger partial charge in [-0.2, -0.15) is 5.21 Å². The van der Waals surface area contributed by atoms with Crippen LogP contribution in [0, 0.1) is 0 Å². The number of carbonyl (C=O) groups is 1. The van der Waals surface area contributed by atoms with E-state index in [2.05, 4.69) is 25.9 Å². The van der Waals surface area contributed by atoms with E-state index in [-0.39, 0.29) is 11.7 Å². The minimum atomic E-state index is -0.347. The van der Waals surface area contributed by atoms with E-state index in [4.69, 9.17) is 0 Å². The van der Waals surface area contributed by atoms with Gasteiger partial charge in [0.25, 0.3) is 11.7 Å². The summed E-state index contributed by atoms with van der Waals surface area (Å²) in [4.78, 5) is 13.6. The van der Waals surface area contributed by atoms with Gasteiger partial charge in [-0.1, -0.05) is 12.1 Å². The third-order valence-corrected chi connectivity index (χ3v) is 2.45. The minimum absolute atomic E-state index is 0.0416. The van der Waals surface area contributed by atoms with Crippen molar-refractivity contribution in [3.8, 4) is 0 Å². The monoisotopic (exact) mass is 246 g/mol. The van der Waals surface area contributed by atoms with Crippen molar-refractivity contribution in [1.29, 1.82) is 0 Å². The molecule has 0 aliphatic rings. The van der Waals surface area contributed by atoms with Gasteiger partial charge in [0.2, 0.25) is 0 Å². The number of nitrogens with one attached hydrogen (secondary N) is 2. The van der Waals surface area contributed by atoms with Crippen LogP contribution in [0.15, 0.2) is 24.3 Å². The number of amides is 1. The molecule has 1 aromatic heterocycles. The van der Waals surface area contributed by atoms with Gasteiger partial charge in [-0.3, -0.25) is 4.79 Å². The van der Waals surface area contributed by atoms with Crippen LogP contribution in [0.1, 0.15) is 16.2 Å². The van der Waals surface area contributed by atoms with Crippen molar-refractivity contribution in [2.24, 2.45) is 0 Å². The lowest BCUT2D eigenvalue weighted by Gasteiger charge is -2.12. The molecule has 1 amide bonds. The summed E-state index contributed by atoms with van der Waals surface area (Å²) in [7, 11) is 3.96. The zero-order valence-corrected chi connectivity index (χ0v) is 10.2. The summed E-state index contributed by atoms with van der Waals surface area (Å²) in [5.41, 5.74) is 2.13. The maximum atomic E-state index is 11.5. The second-order valence-electron chi connectivity index (χ2n) is 3.98. The lowest BCUT2D eigenvalue weighted by atomic mass is 10.2. The van der Waals surface area contributed by atoms with Gasteiger partial charge in [0.05, 0.1) is 0 Å². The second kappa shape index (κ2) is 5.26. The van der Waals surface area contributed by atoms with E-state index < -0.39 is 0 Å². The molecule has 0 spiro atoms. The van der Waals surface area contributed by atoms with E-state index in [1.165, 1.54) is 0 Å². The molecule has 1 aromatic carbocycles. The molecule has 0 saturated carbocycles. The fourth-order valence-corrected chi connectivity index (χ4v) is 1.43. The first kappa shape index (κ1) is 12.0. The van der Waals surface area contributed by atoms with Gasteiger partial charge < -0.3 is 10.2 Å². The van der Waals surface area contributed by atoms with E-state index in [0.29, 0.717) is 6.54 Å². The first-order chi connectivity index (χ1) is 8.66. The Morgan fingerprint density at radius 3 is 2.61 bits per heavy atom. The normalized spacial score (nSPS) is 10.1. The van der Waals surface area contributed by atoms with Crippen molar-refractivity contribution in [2.45, 2.75) is 6.54 Å². The van der Waals surface area contributed by atoms with Crippen LogP contribution < -0.4 is 10.2 Å². The number of hydrogen-bond acceptors (Lipinski definition) is 5. The summed E-state index contributed by atoms with van der Waals surface area (Å²) in [6.07, 6.45) is 0. The number of benzene rings is 1. The molecule has 2 rings (SSSR count). The molecular formula is C11H14N6O. The summed E-state index contributed by atoms with van der Waals surface area (Å²) in [5.74, 6) is -0.305. The number of H-pyrrole nitrogens is 1. The van der Waals surface area contributed by atoms with E-state index in [1.807, 2.05) is 43.3 Å². The quantitative estimate of drug-likeness (QED) is 0.804. The Bertz CT molecular complexity index is 505. The summed E-state index contributed by atoms with van der Waals surface area (Å²) in [6.45, 7) is 0.432. The minimum Gasteiger partial charge on any atom is -0.378 e. The highest BCUT2D eigenvalue weighted by molar-refractivity contribution is 5.89. The average Bonchev–Trinajstić information content (AvgIpc) is 2.90. The smallest absolute Gasteiger partial charge is 0.293 e. The number of aromatic amines is 1. The van der Waals surface area contributed by atoms with Crippen LogP contribution in [0.25, 0.3) is 0 Å². The predicted octanol–water partition coefficient (Wildman–Crippen LogP) is 0.196. The van der Waals surface area contributed by atoms with Crippen molar-refractivity contribution in [2.75, 3.05) is 19.0 Å². The van der Waals surface area contributed by atoms with Crippen LogP contribution in [-0.2, 0) is 6.54 Å². The largest absolute Gasteiger partial charge is 0.378 e. The number of rotatable bonds is 4.